The molecule has 2 heterocycles. The van der Waals surface area contributed by atoms with Crippen LogP contribution in [-0.2, 0) is 11.4 Å². The van der Waals surface area contributed by atoms with Crippen molar-refractivity contribution in [1.82, 2.24) is 10.1 Å². The summed E-state index contributed by atoms with van der Waals surface area (Å²) in [6, 6.07) is 17.3. The number of nitrogens with two attached hydrogens (primary N) is 1. The van der Waals surface area contributed by atoms with Crippen molar-refractivity contribution in [2.75, 3.05) is 0 Å². The minimum absolute atomic E-state index is 0.00945. The maximum Gasteiger partial charge on any atom is 0.371 e. The number of aryl methyl sites for hydroxylation is 1. The second-order valence-electron chi connectivity index (χ2n) is 7.10. The molecule has 0 aliphatic rings. The average molecular weight is 497 g/mol. The number of carbonyl (C=O) groups excluding carboxylic acids is 1. The van der Waals surface area contributed by atoms with Crippen LogP contribution in [0.4, 0.5) is 0 Å². The number of hydrogen-bond donors (Lipinski definition) is 1. The number of halogens is 2. The zero-order chi connectivity index (χ0) is 24.1. The molecule has 0 spiro atoms. The van der Waals surface area contributed by atoms with E-state index < -0.39 is 5.97 Å². The van der Waals surface area contributed by atoms with Crippen LogP contribution in [0, 0.1) is 6.92 Å². The number of ether oxygens (including phenoxy) is 1. The van der Waals surface area contributed by atoms with Crippen molar-refractivity contribution in [3.63, 3.8) is 0 Å². The van der Waals surface area contributed by atoms with Crippen molar-refractivity contribution in [2.24, 2.45) is 10.9 Å². The van der Waals surface area contributed by atoms with Crippen LogP contribution in [0.15, 0.2) is 76.5 Å². The first-order valence-corrected chi connectivity index (χ1v) is 10.8. The lowest BCUT2D eigenvalue weighted by Crippen LogP contribution is -2.15. The molecule has 8 nitrogen and oxygen atoms in total. The zero-order valence-corrected chi connectivity index (χ0v) is 19.4. The summed E-state index contributed by atoms with van der Waals surface area (Å²) in [6.07, 6.45) is 1.64. The van der Waals surface area contributed by atoms with E-state index in [1.54, 1.807) is 67.7 Å². The van der Waals surface area contributed by atoms with Gasteiger partial charge in [0.15, 0.2) is 5.84 Å². The van der Waals surface area contributed by atoms with Crippen LogP contribution in [0.5, 0.6) is 5.75 Å². The van der Waals surface area contributed by atoms with E-state index >= 15 is 0 Å². The van der Waals surface area contributed by atoms with Crippen LogP contribution in [-0.4, -0.2) is 21.9 Å². The van der Waals surface area contributed by atoms with Gasteiger partial charge in [-0.25, -0.2) is 9.78 Å². The predicted molar refractivity (Wildman–Crippen MR) is 128 cm³/mol. The van der Waals surface area contributed by atoms with Gasteiger partial charge in [0, 0.05) is 22.9 Å². The minimum Gasteiger partial charge on any atom is -0.489 e. The lowest BCUT2D eigenvalue weighted by Gasteiger charge is -2.07. The molecular formula is C24H18Cl2N4O4. The Bertz CT molecular complexity index is 1340. The van der Waals surface area contributed by atoms with Crippen molar-refractivity contribution in [3.8, 4) is 17.0 Å². The molecule has 0 saturated heterocycles. The maximum absolute atomic E-state index is 12.7. The summed E-state index contributed by atoms with van der Waals surface area (Å²) in [6.45, 7) is 1.92. The van der Waals surface area contributed by atoms with Crippen LogP contribution >= 0.6 is 23.2 Å². The van der Waals surface area contributed by atoms with Gasteiger partial charge in [-0.15, -0.1) is 0 Å². The molecule has 2 aromatic heterocycles. The molecule has 0 fully saturated rings. The molecule has 0 radical (unpaired) electrons. The molecule has 172 valence electrons. The van der Waals surface area contributed by atoms with Gasteiger partial charge in [-0.3, -0.25) is 0 Å². The smallest absolute Gasteiger partial charge is 0.371 e. The number of nitrogens with zero attached hydrogens (tertiary/aromatic N) is 3. The van der Waals surface area contributed by atoms with Crippen molar-refractivity contribution in [1.29, 1.82) is 0 Å². The predicted octanol–water partition coefficient (Wildman–Crippen LogP) is 5.41. The van der Waals surface area contributed by atoms with Crippen LogP contribution in [0.1, 0.15) is 27.2 Å². The summed E-state index contributed by atoms with van der Waals surface area (Å²) in [5.74, 6) is 0.127. The van der Waals surface area contributed by atoms with E-state index in [4.69, 9.17) is 43.0 Å². The Balaban J connectivity index is 1.42. The first kappa shape index (κ1) is 23.3. The molecule has 2 N–H and O–H groups in total. The van der Waals surface area contributed by atoms with E-state index in [2.05, 4.69) is 15.3 Å². The van der Waals surface area contributed by atoms with Gasteiger partial charge in [0.25, 0.3) is 0 Å². The zero-order valence-electron chi connectivity index (χ0n) is 17.9. The number of carbonyl (C=O) groups is 1. The Labute approximate surface area is 204 Å². The Morgan fingerprint density at radius 3 is 2.56 bits per heavy atom. The summed E-state index contributed by atoms with van der Waals surface area (Å²) in [5, 5.41) is 8.54. The molecule has 0 bridgehead atoms. The van der Waals surface area contributed by atoms with E-state index in [1.165, 1.54) is 0 Å². The molecule has 0 saturated carbocycles. The van der Waals surface area contributed by atoms with Crippen molar-refractivity contribution < 1.29 is 18.9 Å². The second kappa shape index (κ2) is 10.4. The molecule has 0 aliphatic carbocycles. The van der Waals surface area contributed by atoms with Gasteiger partial charge in [-0.05, 0) is 43.3 Å². The molecule has 2 aromatic carbocycles. The molecule has 0 atom stereocenters. The Kier molecular flexibility index (Phi) is 7.10. The first-order valence-electron chi connectivity index (χ1n) is 10.0. The molecule has 10 heteroatoms. The minimum atomic E-state index is -0.770. The molecule has 0 unspecified atom stereocenters. The topological polar surface area (TPSA) is 113 Å². The third kappa shape index (κ3) is 5.36. The quantitative estimate of drug-likeness (QED) is 0.119. The molecule has 0 aliphatic heterocycles. The Morgan fingerprint density at radius 2 is 1.85 bits per heavy atom. The van der Waals surface area contributed by atoms with E-state index in [0.29, 0.717) is 33.7 Å². The average Bonchev–Trinajstić information content (AvgIpc) is 3.23. The fourth-order valence-electron chi connectivity index (χ4n) is 3.02. The highest BCUT2D eigenvalue weighted by Gasteiger charge is 2.24. The van der Waals surface area contributed by atoms with Crippen LogP contribution in [0.3, 0.4) is 0 Å². The number of hydrogen-bond acceptors (Lipinski definition) is 7. The van der Waals surface area contributed by atoms with Crippen molar-refractivity contribution in [3.05, 3.63) is 99.5 Å². The van der Waals surface area contributed by atoms with Gasteiger partial charge >= 0.3 is 5.97 Å². The normalized spacial score (nSPS) is 11.3. The third-order valence-corrected chi connectivity index (χ3v) is 5.32. The Hall–Kier alpha value is -3.88. The highest BCUT2D eigenvalue weighted by atomic mass is 35.5. The van der Waals surface area contributed by atoms with Crippen molar-refractivity contribution in [2.45, 2.75) is 13.5 Å². The Morgan fingerprint density at radius 1 is 1.09 bits per heavy atom. The fraction of sp³-hybridized carbons (Fsp3) is 0.0833. The lowest BCUT2D eigenvalue weighted by atomic mass is 10.1. The highest BCUT2D eigenvalue weighted by molar-refractivity contribution is 6.33. The molecule has 4 rings (SSSR count). The second-order valence-corrected chi connectivity index (χ2v) is 7.89. The number of aromatic nitrogens is 2. The first-order chi connectivity index (χ1) is 16.4. The summed E-state index contributed by atoms with van der Waals surface area (Å²) in [7, 11) is 0. The van der Waals surface area contributed by atoms with E-state index in [9.17, 15) is 4.79 Å². The van der Waals surface area contributed by atoms with Gasteiger partial charge in [0.2, 0.25) is 0 Å². The summed E-state index contributed by atoms with van der Waals surface area (Å²) in [4.78, 5) is 21.8. The monoisotopic (exact) mass is 496 g/mol. The van der Waals surface area contributed by atoms with Gasteiger partial charge in [-0.1, -0.05) is 57.8 Å². The van der Waals surface area contributed by atoms with E-state index in [-0.39, 0.29) is 22.9 Å². The van der Waals surface area contributed by atoms with Gasteiger partial charge in [0.05, 0.1) is 5.02 Å². The van der Waals surface area contributed by atoms with E-state index in [1.807, 2.05) is 6.07 Å². The molecular weight excluding hydrogens is 479 g/mol. The summed E-state index contributed by atoms with van der Waals surface area (Å²) < 4.78 is 10.9. The molecule has 4 aromatic rings. The highest BCUT2D eigenvalue weighted by Crippen LogP contribution is 2.31. The number of oxime groups is 1. The molecule has 34 heavy (non-hydrogen) atoms. The fourth-order valence-corrected chi connectivity index (χ4v) is 3.36. The summed E-state index contributed by atoms with van der Waals surface area (Å²) in [5.41, 5.74) is 8.32. The SMILES string of the molecule is Cc1onc(-c2ccccc2Cl)c1C(=O)O/N=C(\N)c1ccc(OCc2ccc(Cl)nc2)cc1. The van der Waals surface area contributed by atoms with Crippen molar-refractivity contribution >= 4 is 35.0 Å². The lowest BCUT2D eigenvalue weighted by molar-refractivity contribution is 0.0515. The van der Waals surface area contributed by atoms with Crippen LogP contribution < -0.4 is 10.5 Å². The molecule has 0 amide bonds. The number of benzene rings is 2. The number of amidine groups is 1. The van der Waals surface area contributed by atoms with Gasteiger partial charge < -0.3 is 19.8 Å². The summed E-state index contributed by atoms with van der Waals surface area (Å²) >= 11 is 12.0. The largest absolute Gasteiger partial charge is 0.489 e. The van der Waals surface area contributed by atoms with Crippen LogP contribution in [0.2, 0.25) is 10.2 Å². The maximum atomic E-state index is 12.7. The standard InChI is InChI=1S/C24H18Cl2N4O4/c1-14-21(22(29-33-14)18-4-2-3-5-19(18)25)24(31)34-30-23(27)16-7-9-17(10-8-16)32-13-15-6-11-20(26)28-12-15/h2-12H,13H2,1H3,(H2,27,30). The third-order valence-electron chi connectivity index (χ3n) is 4.77. The van der Waals surface area contributed by atoms with Gasteiger partial charge in [0.1, 0.15) is 34.5 Å². The van der Waals surface area contributed by atoms with E-state index in [0.717, 1.165) is 5.56 Å². The van der Waals surface area contributed by atoms with Crippen LogP contribution in [0.25, 0.3) is 11.3 Å². The number of rotatable bonds is 7. The van der Waals surface area contributed by atoms with Gasteiger partial charge in [-0.2, -0.15) is 0 Å². The number of pyridine rings is 1.